The Bertz CT molecular complexity index is 1490. The Balaban J connectivity index is 1.44. The van der Waals surface area contributed by atoms with Crippen LogP contribution in [0.3, 0.4) is 0 Å². The third kappa shape index (κ3) is 6.30. The molecular weight excluding hydrogens is 529 g/mol. The highest BCUT2D eigenvalue weighted by molar-refractivity contribution is 6.01. The summed E-state index contributed by atoms with van der Waals surface area (Å²) in [7, 11) is 1.60. The third-order valence-corrected chi connectivity index (χ3v) is 7.85. The number of carbonyl (C=O) groups excluding carboxylic acids is 2. The minimum Gasteiger partial charge on any atom is -0.497 e. The molecular formula is C35H36FN3O3. The molecule has 6 nitrogen and oxygen atoms in total. The van der Waals surface area contributed by atoms with Crippen molar-refractivity contribution >= 4 is 17.5 Å². The van der Waals surface area contributed by atoms with Gasteiger partial charge in [-0.1, -0.05) is 60.7 Å². The zero-order chi connectivity index (χ0) is 29.5. The molecule has 0 aromatic heterocycles. The van der Waals surface area contributed by atoms with Gasteiger partial charge in [0.15, 0.2) is 0 Å². The molecule has 1 N–H and O–H groups in total. The third-order valence-electron chi connectivity index (χ3n) is 7.85. The first kappa shape index (κ1) is 28.9. The molecule has 0 saturated carbocycles. The first-order chi connectivity index (χ1) is 20.5. The van der Waals surface area contributed by atoms with Crippen molar-refractivity contribution in [3.63, 3.8) is 0 Å². The van der Waals surface area contributed by atoms with Crippen LogP contribution in [0, 0.1) is 5.82 Å². The van der Waals surface area contributed by atoms with Crippen molar-refractivity contribution in [3.05, 3.63) is 131 Å². The molecule has 216 valence electrons. The molecule has 1 aliphatic rings. The lowest BCUT2D eigenvalue weighted by Crippen LogP contribution is -2.47. The summed E-state index contributed by atoms with van der Waals surface area (Å²) >= 11 is 0. The fraction of sp³-hybridized carbons (Fsp3) is 0.257. The molecule has 0 saturated heterocycles. The minimum atomic E-state index is -0.635. The molecule has 0 spiro atoms. The van der Waals surface area contributed by atoms with Gasteiger partial charge in [0.05, 0.1) is 19.1 Å². The van der Waals surface area contributed by atoms with Crippen LogP contribution in [0.15, 0.2) is 103 Å². The first-order valence-corrected chi connectivity index (χ1v) is 14.4. The number of methoxy groups -OCH3 is 1. The summed E-state index contributed by atoms with van der Waals surface area (Å²) in [4.78, 5) is 32.0. The van der Waals surface area contributed by atoms with E-state index in [1.807, 2.05) is 60.7 Å². The zero-order valence-corrected chi connectivity index (χ0v) is 24.0. The van der Waals surface area contributed by atoms with E-state index < -0.39 is 12.0 Å². The van der Waals surface area contributed by atoms with E-state index >= 15 is 0 Å². The summed E-state index contributed by atoms with van der Waals surface area (Å²) < 4.78 is 19.1. The van der Waals surface area contributed by atoms with E-state index in [-0.39, 0.29) is 24.2 Å². The van der Waals surface area contributed by atoms with Crippen LogP contribution in [0.2, 0.25) is 0 Å². The van der Waals surface area contributed by atoms with Crippen molar-refractivity contribution in [2.45, 2.75) is 31.8 Å². The normalized spacial score (nSPS) is 16.1. The number of amides is 2. The zero-order valence-electron chi connectivity index (χ0n) is 24.0. The smallest absolute Gasteiger partial charge is 0.255 e. The van der Waals surface area contributed by atoms with E-state index in [2.05, 4.69) is 29.3 Å². The van der Waals surface area contributed by atoms with Crippen molar-refractivity contribution in [1.82, 2.24) is 10.2 Å². The van der Waals surface area contributed by atoms with Crippen LogP contribution in [0.5, 0.6) is 5.75 Å². The van der Waals surface area contributed by atoms with Crippen LogP contribution in [-0.2, 0) is 11.3 Å². The average molecular weight is 566 g/mol. The van der Waals surface area contributed by atoms with Gasteiger partial charge in [-0.3, -0.25) is 9.59 Å². The molecule has 42 heavy (non-hydrogen) atoms. The van der Waals surface area contributed by atoms with Gasteiger partial charge in [0.1, 0.15) is 11.6 Å². The second-order valence-electron chi connectivity index (χ2n) is 10.4. The molecule has 0 radical (unpaired) electrons. The summed E-state index contributed by atoms with van der Waals surface area (Å²) in [6, 6.07) is 30.6. The summed E-state index contributed by atoms with van der Waals surface area (Å²) in [6.07, 6.45) is 0.772. The molecule has 7 heteroatoms. The van der Waals surface area contributed by atoms with Crippen molar-refractivity contribution < 1.29 is 18.7 Å². The fourth-order valence-electron chi connectivity index (χ4n) is 5.71. The molecule has 0 aliphatic carbocycles. The number of carbonyl (C=O) groups is 2. The van der Waals surface area contributed by atoms with E-state index in [0.717, 1.165) is 36.3 Å². The predicted octanol–water partition coefficient (Wildman–Crippen LogP) is 6.35. The highest BCUT2D eigenvalue weighted by atomic mass is 19.1. The molecule has 2 atom stereocenters. The van der Waals surface area contributed by atoms with Gasteiger partial charge < -0.3 is 19.9 Å². The Hall–Kier alpha value is -4.65. The maximum Gasteiger partial charge on any atom is 0.255 e. The average Bonchev–Trinajstić information content (AvgIpc) is 3.03. The largest absolute Gasteiger partial charge is 0.497 e. The molecule has 0 unspecified atom stereocenters. The van der Waals surface area contributed by atoms with Crippen molar-refractivity contribution in [2.24, 2.45) is 0 Å². The summed E-state index contributed by atoms with van der Waals surface area (Å²) in [5, 5.41) is 3.18. The van der Waals surface area contributed by atoms with Crippen LogP contribution in [0.25, 0.3) is 0 Å². The number of ether oxygens (including phenoxy) is 1. The lowest BCUT2D eigenvalue weighted by atomic mass is 9.79. The Morgan fingerprint density at radius 1 is 0.929 bits per heavy atom. The number of halogens is 1. The number of para-hydroxylation sites is 1. The van der Waals surface area contributed by atoms with E-state index in [4.69, 9.17) is 4.74 Å². The van der Waals surface area contributed by atoms with Gasteiger partial charge in [0.2, 0.25) is 5.91 Å². The van der Waals surface area contributed by atoms with Gasteiger partial charge >= 0.3 is 0 Å². The number of fused-ring (bicyclic) bond motifs is 1. The van der Waals surface area contributed by atoms with E-state index in [1.54, 1.807) is 30.2 Å². The number of benzene rings is 4. The van der Waals surface area contributed by atoms with Gasteiger partial charge in [-0.05, 0) is 72.5 Å². The highest BCUT2D eigenvalue weighted by Gasteiger charge is 2.44. The van der Waals surface area contributed by atoms with Crippen molar-refractivity contribution in [2.75, 3.05) is 31.6 Å². The van der Waals surface area contributed by atoms with Crippen LogP contribution >= 0.6 is 0 Å². The lowest BCUT2D eigenvalue weighted by molar-refractivity contribution is -0.124. The number of nitrogens with one attached hydrogen (secondary N) is 1. The monoisotopic (exact) mass is 565 g/mol. The molecule has 1 heterocycles. The Morgan fingerprint density at radius 3 is 2.31 bits per heavy atom. The number of hydrogen-bond acceptors (Lipinski definition) is 4. The van der Waals surface area contributed by atoms with Crippen LogP contribution in [-0.4, -0.2) is 43.5 Å². The van der Waals surface area contributed by atoms with Crippen LogP contribution < -0.4 is 15.0 Å². The number of hydrogen-bond donors (Lipinski definition) is 1. The van der Waals surface area contributed by atoms with Gasteiger partial charge in [-0.15, -0.1) is 0 Å². The first-order valence-electron chi connectivity index (χ1n) is 14.4. The standard InChI is InChI=1S/C35H36FN3O3/c1-3-38(28-10-5-4-6-11-28)23-9-22-37-34(40)32-30-12-7-8-13-31(30)35(41)39(24-25-14-18-27(36)19-15-25)33(32)26-16-20-29(42-2)21-17-26/h4-8,10-21,32-33H,3,9,22-24H2,1-2H3,(H,37,40)/t32-,33+/m1/s1. The molecule has 5 rings (SSSR count). The van der Waals surface area contributed by atoms with E-state index in [9.17, 15) is 14.0 Å². The van der Waals surface area contributed by atoms with Crippen LogP contribution in [0.4, 0.5) is 10.1 Å². The molecule has 2 amide bonds. The van der Waals surface area contributed by atoms with Crippen molar-refractivity contribution in [3.8, 4) is 5.75 Å². The van der Waals surface area contributed by atoms with Gasteiger partial charge in [0.25, 0.3) is 5.91 Å². The second kappa shape index (κ2) is 13.3. The van der Waals surface area contributed by atoms with E-state index in [0.29, 0.717) is 23.4 Å². The summed E-state index contributed by atoms with van der Waals surface area (Å²) in [5.74, 6) is -0.591. The second-order valence-corrected chi connectivity index (χ2v) is 10.4. The molecule has 4 aromatic rings. The molecule has 1 aliphatic heterocycles. The lowest BCUT2D eigenvalue weighted by Gasteiger charge is -2.42. The summed E-state index contributed by atoms with van der Waals surface area (Å²) in [5.41, 5.74) is 3.97. The number of rotatable bonds is 11. The van der Waals surface area contributed by atoms with Crippen molar-refractivity contribution in [1.29, 1.82) is 0 Å². The maximum atomic E-state index is 14.1. The molecule has 0 fully saturated rings. The fourth-order valence-corrected chi connectivity index (χ4v) is 5.71. The SMILES string of the molecule is CCN(CCCNC(=O)[C@@H]1c2ccccc2C(=O)N(Cc2ccc(F)cc2)[C@H]1c1ccc(OC)cc1)c1ccccc1. The van der Waals surface area contributed by atoms with E-state index in [1.165, 1.54) is 12.1 Å². The highest BCUT2D eigenvalue weighted by Crippen LogP contribution is 2.44. The number of nitrogens with zero attached hydrogens (tertiary/aromatic N) is 2. The van der Waals surface area contributed by atoms with Gasteiger partial charge in [-0.25, -0.2) is 4.39 Å². The minimum absolute atomic E-state index is 0.136. The van der Waals surface area contributed by atoms with Crippen LogP contribution in [0.1, 0.15) is 52.4 Å². The molecule has 4 aromatic carbocycles. The Morgan fingerprint density at radius 2 is 1.62 bits per heavy atom. The van der Waals surface area contributed by atoms with Gasteiger partial charge in [0, 0.05) is 37.4 Å². The topological polar surface area (TPSA) is 61.9 Å². The molecule has 0 bridgehead atoms. The Kier molecular flexibility index (Phi) is 9.17. The predicted molar refractivity (Wildman–Crippen MR) is 163 cm³/mol. The summed E-state index contributed by atoms with van der Waals surface area (Å²) in [6.45, 7) is 4.53. The van der Waals surface area contributed by atoms with Gasteiger partial charge in [-0.2, -0.15) is 0 Å². The Labute approximate surface area is 246 Å². The number of anilines is 1. The quantitative estimate of drug-likeness (QED) is 0.215. The maximum absolute atomic E-state index is 14.1.